The number of aliphatic hydroxyl groups is 1. The van der Waals surface area contributed by atoms with Crippen molar-refractivity contribution in [2.24, 2.45) is 5.73 Å². The number of aromatic nitrogens is 1. The molecule has 0 aliphatic rings. The van der Waals surface area contributed by atoms with Gasteiger partial charge in [0.05, 0.1) is 5.02 Å². The largest absolute Gasteiger partial charge is 0.396 e. The van der Waals surface area contributed by atoms with Crippen molar-refractivity contribution < 1.29 is 5.11 Å². The van der Waals surface area contributed by atoms with Gasteiger partial charge in [0.15, 0.2) is 0 Å². The van der Waals surface area contributed by atoms with Crippen LogP contribution in [0.5, 0.6) is 0 Å². The van der Waals surface area contributed by atoms with Gasteiger partial charge >= 0.3 is 0 Å². The SMILES string of the molecule is N=C(N)c1ccnc(SCCCO)c1Cl. The zero-order chi connectivity index (χ0) is 11.3. The number of rotatable bonds is 5. The van der Waals surface area contributed by atoms with Crippen LogP contribution in [0.3, 0.4) is 0 Å². The van der Waals surface area contributed by atoms with Crippen LogP contribution in [0.2, 0.25) is 5.02 Å². The van der Waals surface area contributed by atoms with Crippen molar-refractivity contribution in [3.63, 3.8) is 0 Å². The molecule has 15 heavy (non-hydrogen) atoms. The maximum atomic E-state index is 8.64. The summed E-state index contributed by atoms with van der Waals surface area (Å²) in [7, 11) is 0. The van der Waals surface area contributed by atoms with Crippen molar-refractivity contribution in [1.82, 2.24) is 4.98 Å². The predicted molar refractivity (Wildman–Crippen MR) is 62.7 cm³/mol. The first-order valence-corrected chi connectivity index (χ1v) is 5.75. The van der Waals surface area contributed by atoms with E-state index in [1.807, 2.05) is 0 Å². The lowest BCUT2D eigenvalue weighted by Crippen LogP contribution is -2.12. The molecular weight excluding hydrogens is 234 g/mol. The molecule has 0 aliphatic carbocycles. The maximum Gasteiger partial charge on any atom is 0.124 e. The van der Waals surface area contributed by atoms with Crippen LogP contribution in [0, 0.1) is 5.41 Å². The van der Waals surface area contributed by atoms with E-state index < -0.39 is 0 Å². The highest BCUT2D eigenvalue weighted by Crippen LogP contribution is 2.27. The van der Waals surface area contributed by atoms with E-state index in [2.05, 4.69) is 4.98 Å². The molecule has 0 bridgehead atoms. The highest BCUT2D eigenvalue weighted by atomic mass is 35.5. The standard InChI is InChI=1S/C9H12ClN3OS/c10-7-6(8(11)12)2-3-13-9(7)15-5-1-4-14/h2-3,14H,1,4-5H2,(H3,11,12). The third kappa shape index (κ3) is 3.37. The zero-order valence-corrected chi connectivity index (χ0v) is 9.61. The molecule has 0 aliphatic heterocycles. The minimum Gasteiger partial charge on any atom is -0.396 e. The number of hydrogen-bond acceptors (Lipinski definition) is 4. The van der Waals surface area contributed by atoms with Gasteiger partial charge in [-0.05, 0) is 12.5 Å². The summed E-state index contributed by atoms with van der Waals surface area (Å²) < 4.78 is 0. The monoisotopic (exact) mass is 245 g/mol. The summed E-state index contributed by atoms with van der Waals surface area (Å²) in [6, 6.07) is 1.61. The fourth-order valence-electron chi connectivity index (χ4n) is 0.967. The molecule has 4 nitrogen and oxygen atoms in total. The highest BCUT2D eigenvalue weighted by Gasteiger charge is 2.09. The minimum atomic E-state index is -0.0635. The van der Waals surface area contributed by atoms with Gasteiger partial charge in [-0.15, -0.1) is 11.8 Å². The first-order valence-electron chi connectivity index (χ1n) is 4.39. The Morgan fingerprint density at radius 3 is 3.00 bits per heavy atom. The van der Waals surface area contributed by atoms with Crippen LogP contribution in [0.25, 0.3) is 0 Å². The van der Waals surface area contributed by atoms with Crippen molar-refractivity contribution in [1.29, 1.82) is 5.41 Å². The van der Waals surface area contributed by atoms with E-state index in [1.165, 1.54) is 11.8 Å². The van der Waals surface area contributed by atoms with Gasteiger partial charge in [0.1, 0.15) is 10.9 Å². The number of pyridine rings is 1. The number of halogens is 1. The summed E-state index contributed by atoms with van der Waals surface area (Å²) in [5.41, 5.74) is 5.86. The van der Waals surface area contributed by atoms with E-state index >= 15 is 0 Å². The Hall–Kier alpha value is -0.780. The molecule has 0 radical (unpaired) electrons. The molecule has 4 N–H and O–H groups in total. The summed E-state index contributed by atoms with van der Waals surface area (Å²) in [5, 5.41) is 17.0. The number of nitrogen functional groups attached to an aromatic ring is 1. The number of hydrogen-bond donors (Lipinski definition) is 3. The van der Waals surface area contributed by atoms with Crippen LogP contribution in [-0.2, 0) is 0 Å². The molecule has 0 unspecified atom stereocenters. The van der Waals surface area contributed by atoms with Gasteiger partial charge in [-0.25, -0.2) is 4.98 Å². The van der Waals surface area contributed by atoms with Gasteiger partial charge in [0, 0.05) is 24.1 Å². The quantitative estimate of drug-likeness (QED) is 0.318. The average molecular weight is 246 g/mol. The van der Waals surface area contributed by atoms with Gasteiger partial charge in [-0.1, -0.05) is 11.6 Å². The maximum absolute atomic E-state index is 8.64. The van der Waals surface area contributed by atoms with Crippen LogP contribution in [0.15, 0.2) is 17.3 Å². The van der Waals surface area contributed by atoms with Crippen molar-refractivity contribution in [2.75, 3.05) is 12.4 Å². The highest BCUT2D eigenvalue weighted by molar-refractivity contribution is 7.99. The topological polar surface area (TPSA) is 83.0 Å². The molecule has 0 spiro atoms. The Bertz CT molecular complexity index is 359. The molecule has 6 heteroatoms. The summed E-state index contributed by atoms with van der Waals surface area (Å²) >= 11 is 7.46. The van der Waals surface area contributed by atoms with Gasteiger partial charge in [-0.3, -0.25) is 5.41 Å². The predicted octanol–water partition coefficient (Wildman–Crippen LogP) is 1.49. The second-order valence-corrected chi connectivity index (χ2v) is 4.28. The van der Waals surface area contributed by atoms with E-state index in [1.54, 1.807) is 12.3 Å². The molecule has 1 rings (SSSR count). The van der Waals surface area contributed by atoms with Crippen LogP contribution >= 0.6 is 23.4 Å². The minimum absolute atomic E-state index is 0.0635. The number of amidine groups is 1. The van der Waals surface area contributed by atoms with Crippen molar-refractivity contribution in [3.05, 3.63) is 22.8 Å². The Morgan fingerprint density at radius 1 is 1.67 bits per heavy atom. The Morgan fingerprint density at radius 2 is 2.40 bits per heavy atom. The lowest BCUT2D eigenvalue weighted by atomic mass is 10.2. The molecule has 1 aromatic heterocycles. The number of aliphatic hydroxyl groups excluding tert-OH is 1. The van der Waals surface area contributed by atoms with Gasteiger partial charge < -0.3 is 10.8 Å². The summed E-state index contributed by atoms with van der Waals surface area (Å²) in [6.07, 6.45) is 2.26. The Balaban J connectivity index is 2.80. The number of nitrogens with one attached hydrogen (secondary N) is 1. The molecule has 0 saturated carbocycles. The summed E-state index contributed by atoms with van der Waals surface area (Å²) in [6.45, 7) is 0.150. The first kappa shape index (κ1) is 12.3. The van der Waals surface area contributed by atoms with E-state index in [9.17, 15) is 0 Å². The van der Waals surface area contributed by atoms with E-state index in [0.717, 1.165) is 5.75 Å². The molecule has 1 heterocycles. The molecule has 0 aromatic carbocycles. The summed E-state index contributed by atoms with van der Waals surface area (Å²) in [4.78, 5) is 4.09. The second kappa shape index (κ2) is 5.95. The van der Waals surface area contributed by atoms with Crippen LogP contribution in [0.4, 0.5) is 0 Å². The third-order valence-corrected chi connectivity index (χ3v) is 3.26. The van der Waals surface area contributed by atoms with Crippen molar-refractivity contribution in [3.8, 4) is 0 Å². The normalized spacial score (nSPS) is 10.3. The van der Waals surface area contributed by atoms with Crippen molar-refractivity contribution in [2.45, 2.75) is 11.4 Å². The molecular formula is C9H12ClN3OS. The van der Waals surface area contributed by atoms with E-state index in [-0.39, 0.29) is 12.4 Å². The van der Waals surface area contributed by atoms with Crippen LogP contribution in [-0.4, -0.2) is 28.3 Å². The number of nitrogens with two attached hydrogens (primary N) is 1. The summed E-state index contributed by atoms with van der Waals surface area (Å²) in [5.74, 6) is 0.677. The smallest absolute Gasteiger partial charge is 0.124 e. The first-order chi connectivity index (χ1) is 7.16. The Kier molecular flexibility index (Phi) is 4.87. The van der Waals surface area contributed by atoms with E-state index in [0.29, 0.717) is 22.0 Å². The average Bonchev–Trinajstić information content (AvgIpc) is 2.20. The molecule has 0 saturated heterocycles. The van der Waals surface area contributed by atoms with Crippen LogP contribution < -0.4 is 5.73 Å². The van der Waals surface area contributed by atoms with Gasteiger partial charge in [0.25, 0.3) is 0 Å². The van der Waals surface area contributed by atoms with Gasteiger partial charge in [0.2, 0.25) is 0 Å². The lowest BCUT2D eigenvalue weighted by Gasteiger charge is -2.06. The molecule has 0 amide bonds. The molecule has 0 fully saturated rings. The molecule has 0 atom stereocenters. The lowest BCUT2D eigenvalue weighted by molar-refractivity contribution is 0.296. The fourth-order valence-corrected chi connectivity index (χ4v) is 2.18. The van der Waals surface area contributed by atoms with E-state index in [4.69, 9.17) is 27.9 Å². The van der Waals surface area contributed by atoms with Crippen LogP contribution in [0.1, 0.15) is 12.0 Å². The number of thioether (sulfide) groups is 1. The zero-order valence-electron chi connectivity index (χ0n) is 8.03. The number of nitrogens with zero attached hydrogens (tertiary/aromatic N) is 1. The fraction of sp³-hybridized carbons (Fsp3) is 0.333. The third-order valence-electron chi connectivity index (χ3n) is 1.69. The second-order valence-electron chi connectivity index (χ2n) is 2.82. The van der Waals surface area contributed by atoms with Crippen molar-refractivity contribution >= 4 is 29.2 Å². The van der Waals surface area contributed by atoms with Gasteiger partial charge in [-0.2, -0.15) is 0 Å². The molecule has 1 aromatic rings. The molecule has 82 valence electrons. The Labute approximate surface area is 97.4 Å².